The lowest BCUT2D eigenvalue weighted by Gasteiger charge is -2.14. The third-order valence-electron chi connectivity index (χ3n) is 5.70. The van der Waals surface area contributed by atoms with Crippen molar-refractivity contribution in [3.05, 3.63) is 107 Å². The van der Waals surface area contributed by atoms with Crippen LogP contribution in [0.1, 0.15) is 27.9 Å². The maximum absolute atomic E-state index is 3.82. The van der Waals surface area contributed by atoms with Crippen LogP contribution in [0.3, 0.4) is 0 Å². The quantitative estimate of drug-likeness (QED) is 0.321. The standard InChI is InChI=1S/C28H27N/c1-6-7-10-26-22(5)29(28-12-9-8-11-27(26)28)23-14-16-25(21(4)18-23)24-15-13-19(2)17-20(24)3/h6-18H,1H2,2-5H3/b10-7-. The Morgan fingerprint density at radius 1 is 0.793 bits per heavy atom. The summed E-state index contributed by atoms with van der Waals surface area (Å²) < 4.78 is 2.36. The van der Waals surface area contributed by atoms with Crippen molar-refractivity contribution >= 4 is 17.0 Å². The lowest BCUT2D eigenvalue weighted by molar-refractivity contribution is 1.05. The topological polar surface area (TPSA) is 4.93 Å². The summed E-state index contributed by atoms with van der Waals surface area (Å²) in [5.74, 6) is 0. The molecular formula is C28H27N. The summed E-state index contributed by atoms with van der Waals surface area (Å²) in [5, 5.41) is 1.26. The highest BCUT2D eigenvalue weighted by molar-refractivity contribution is 5.93. The highest BCUT2D eigenvalue weighted by atomic mass is 15.0. The van der Waals surface area contributed by atoms with Gasteiger partial charge in [0.05, 0.1) is 5.52 Å². The van der Waals surface area contributed by atoms with E-state index in [0.29, 0.717) is 0 Å². The zero-order valence-corrected chi connectivity index (χ0v) is 17.7. The van der Waals surface area contributed by atoms with Crippen LogP contribution in [0, 0.1) is 27.7 Å². The lowest BCUT2D eigenvalue weighted by Crippen LogP contribution is -1.98. The Morgan fingerprint density at radius 3 is 2.17 bits per heavy atom. The van der Waals surface area contributed by atoms with E-state index >= 15 is 0 Å². The molecule has 0 unspecified atom stereocenters. The molecule has 0 saturated heterocycles. The van der Waals surface area contributed by atoms with E-state index in [2.05, 4.69) is 106 Å². The minimum absolute atomic E-state index is 1.20. The molecule has 29 heavy (non-hydrogen) atoms. The van der Waals surface area contributed by atoms with Gasteiger partial charge < -0.3 is 4.57 Å². The van der Waals surface area contributed by atoms with Crippen LogP contribution in [0.15, 0.2) is 79.4 Å². The van der Waals surface area contributed by atoms with Crippen LogP contribution in [-0.2, 0) is 0 Å². The normalized spacial score (nSPS) is 11.4. The first-order valence-corrected chi connectivity index (χ1v) is 10.1. The predicted octanol–water partition coefficient (Wildman–Crippen LogP) is 7.73. The Morgan fingerprint density at radius 2 is 1.48 bits per heavy atom. The van der Waals surface area contributed by atoms with Gasteiger partial charge in [0.25, 0.3) is 0 Å². The molecule has 0 spiro atoms. The van der Waals surface area contributed by atoms with Crippen molar-refractivity contribution in [3.8, 4) is 16.8 Å². The molecule has 144 valence electrons. The van der Waals surface area contributed by atoms with Crippen LogP contribution in [-0.4, -0.2) is 4.57 Å². The molecule has 0 radical (unpaired) electrons. The second-order valence-corrected chi connectivity index (χ2v) is 7.76. The Hall–Kier alpha value is -3.32. The number of aryl methyl sites for hydroxylation is 3. The molecule has 0 bridgehead atoms. The second kappa shape index (κ2) is 7.60. The second-order valence-electron chi connectivity index (χ2n) is 7.76. The molecule has 0 aliphatic heterocycles. The predicted molar refractivity (Wildman–Crippen MR) is 127 cm³/mol. The van der Waals surface area contributed by atoms with Gasteiger partial charge >= 0.3 is 0 Å². The first-order valence-electron chi connectivity index (χ1n) is 10.1. The van der Waals surface area contributed by atoms with Crippen molar-refractivity contribution in [1.29, 1.82) is 0 Å². The molecular weight excluding hydrogens is 350 g/mol. The van der Waals surface area contributed by atoms with E-state index in [1.165, 1.54) is 55.7 Å². The molecule has 1 aromatic heterocycles. The van der Waals surface area contributed by atoms with Gasteiger partial charge in [-0.2, -0.15) is 0 Å². The third-order valence-corrected chi connectivity index (χ3v) is 5.70. The Balaban J connectivity index is 1.89. The number of allylic oxidation sites excluding steroid dienone is 2. The summed E-state index contributed by atoms with van der Waals surface area (Å²) in [6.07, 6.45) is 5.99. The monoisotopic (exact) mass is 377 g/mol. The molecule has 1 heterocycles. The first kappa shape index (κ1) is 19.0. The summed E-state index contributed by atoms with van der Waals surface area (Å²) in [7, 11) is 0. The minimum Gasteiger partial charge on any atom is -0.313 e. The van der Waals surface area contributed by atoms with Crippen molar-refractivity contribution < 1.29 is 0 Å². The SMILES string of the molecule is C=C/C=C\c1c(C)n(-c2ccc(-c3ccc(C)cc3C)c(C)c2)c2ccccc12. The van der Waals surface area contributed by atoms with E-state index in [1.54, 1.807) is 0 Å². The molecule has 0 aliphatic carbocycles. The van der Waals surface area contributed by atoms with Gasteiger partial charge in [-0.3, -0.25) is 0 Å². The molecule has 0 N–H and O–H groups in total. The van der Waals surface area contributed by atoms with E-state index in [1.807, 2.05) is 12.2 Å². The number of nitrogens with zero attached hydrogens (tertiary/aromatic N) is 1. The number of benzene rings is 3. The molecule has 0 fully saturated rings. The fourth-order valence-electron chi connectivity index (χ4n) is 4.30. The third kappa shape index (κ3) is 3.34. The van der Waals surface area contributed by atoms with Gasteiger partial charge in [0.1, 0.15) is 0 Å². The molecule has 4 rings (SSSR count). The summed E-state index contributed by atoms with van der Waals surface area (Å²) in [4.78, 5) is 0. The van der Waals surface area contributed by atoms with Gasteiger partial charge in [-0.05, 0) is 68.1 Å². The molecule has 0 amide bonds. The molecule has 1 nitrogen and oxygen atoms in total. The van der Waals surface area contributed by atoms with Crippen molar-refractivity contribution in [2.45, 2.75) is 27.7 Å². The number of hydrogen-bond acceptors (Lipinski definition) is 0. The van der Waals surface area contributed by atoms with Crippen molar-refractivity contribution in [1.82, 2.24) is 4.57 Å². The molecule has 3 aromatic carbocycles. The van der Waals surface area contributed by atoms with Crippen LogP contribution >= 0.6 is 0 Å². The Labute approximate surface area is 173 Å². The molecule has 4 aromatic rings. The highest BCUT2D eigenvalue weighted by Crippen LogP contribution is 2.33. The van der Waals surface area contributed by atoms with Gasteiger partial charge in [-0.1, -0.05) is 72.8 Å². The van der Waals surface area contributed by atoms with Gasteiger partial charge in [0.2, 0.25) is 0 Å². The summed E-state index contributed by atoms with van der Waals surface area (Å²) in [6.45, 7) is 12.6. The van der Waals surface area contributed by atoms with Crippen LogP contribution in [0.2, 0.25) is 0 Å². The van der Waals surface area contributed by atoms with Crippen LogP contribution in [0.25, 0.3) is 33.8 Å². The fraction of sp³-hybridized carbons (Fsp3) is 0.143. The Kier molecular flexibility index (Phi) is 4.98. The smallest absolute Gasteiger partial charge is 0.0537 e. The van der Waals surface area contributed by atoms with Gasteiger partial charge in [0, 0.05) is 22.3 Å². The van der Waals surface area contributed by atoms with Crippen LogP contribution < -0.4 is 0 Å². The summed E-state index contributed by atoms with van der Waals surface area (Å²) in [5.41, 5.74) is 11.4. The first-order chi connectivity index (χ1) is 14.0. The van der Waals surface area contributed by atoms with Crippen molar-refractivity contribution in [3.63, 3.8) is 0 Å². The highest BCUT2D eigenvalue weighted by Gasteiger charge is 2.14. The maximum atomic E-state index is 3.82. The molecule has 0 saturated carbocycles. The summed E-state index contributed by atoms with van der Waals surface area (Å²) in [6, 6.07) is 22.1. The zero-order chi connectivity index (χ0) is 20.5. The van der Waals surface area contributed by atoms with Gasteiger partial charge in [-0.25, -0.2) is 0 Å². The van der Waals surface area contributed by atoms with E-state index in [0.717, 1.165) is 0 Å². The average Bonchev–Trinajstić information content (AvgIpc) is 2.98. The minimum atomic E-state index is 1.20. The van der Waals surface area contributed by atoms with Crippen LogP contribution in [0.5, 0.6) is 0 Å². The van der Waals surface area contributed by atoms with E-state index < -0.39 is 0 Å². The van der Waals surface area contributed by atoms with Gasteiger partial charge in [0.15, 0.2) is 0 Å². The average molecular weight is 378 g/mol. The van der Waals surface area contributed by atoms with Crippen molar-refractivity contribution in [2.75, 3.05) is 0 Å². The fourth-order valence-corrected chi connectivity index (χ4v) is 4.30. The van der Waals surface area contributed by atoms with Crippen LogP contribution in [0.4, 0.5) is 0 Å². The largest absolute Gasteiger partial charge is 0.313 e. The summed E-state index contributed by atoms with van der Waals surface area (Å²) >= 11 is 0. The molecule has 0 aliphatic rings. The maximum Gasteiger partial charge on any atom is 0.0537 e. The number of hydrogen-bond donors (Lipinski definition) is 0. The lowest BCUT2D eigenvalue weighted by atomic mass is 9.95. The molecule has 1 heteroatoms. The van der Waals surface area contributed by atoms with Gasteiger partial charge in [-0.15, -0.1) is 0 Å². The Bertz CT molecular complexity index is 1250. The molecule has 0 atom stereocenters. The van der Waals surface area contributed by atoms with E-state index in [9.17, 15) is 0 Å². The number of fused-ring (bicyclic) bond motifs is 1. The number of aromatic nitrogens is 1. The van der Waals surface area contributed by atoms with E-state index in [-0.39, 0.29) is 0 Å². The number of rotatable bonds is 4. The number of para-hydroxylation sites is 1. The van der Waals surface area contributed by atoms with E-state index in [4.69, 9.17) is 0 Å². The zero-order valence-electron chi connectivity index (χ0n) is 17.7. The van der Waals surface area contributed by atoms with Crippen molar-refractivity contribution in [2.24, 2.45) is 0 Å².